The third-order valence-corrected chi connectivity index (χ3v) is 10.6. The molecule has 0 aromatic heterocycles. The molecule has 0 atom stereocenters. The molecule has 4 aromatic rings. The zero-order valence-electron chi connectivity index (χ0n) is 30.0. The molecule has 2 aliphatic heterocycles. The normalized spacial score (nSPS) is 18.7. The first kappa shape index (κ1) is 36.1. The van der Waals surface area contributed by atoms with Gasteiger partial charge in [-0.2, -0.15) is 0 Å². The van der Waals surface area contributed by atoms with Crippen LogP contribution in [0.4, 0.5) is 0 Å². The molecule has 0 radical (unpaired) electrons. The van der Waals surface area contributed by atoms with E-state index in [1.807, 2.05) is 128 Å². The van der Waals surface area contributed by atoms with Gasteiger partial charge in [-0.15, -0.1) is 0 Å². The van der Waals surface area contributed by atoms with Crippen molar-refractivity contribution in [2.24, 2.45) is 0 Å². The second-order valence-electron chi connectivity index (χ2n) is 14.7. The van der Waals surface area contributed by atoms with E-state index in [9.17, 15) is 4.57 Å². The van der Waals surface area contributed by atoms with Crippen molar-refractivity contribution in [2.45, 2.75) is 91.0 Å². The molecular weight excluding hydrogens is 653 g/mol. The van der Waals surface area contributed by atoms with Crippen LogP contribution in [-0.4, -0.2) is 36.6 Å². The summed E-state index contributed by atoms with van der Waals surface area (Å²) in [5.74, 6) is 1.58. The molecule has 50 heavy (non-hydrogen) atoms. The van der Waals surface area contributed by atoms with Crippen molar-refractivity contribution in [3.63, 3.8) is 0 Å². The Labute approximate surface area is 296 Å². The van der Waals surface area contributed by atoms with E-state index in [1.54, 1.807) is 24.3 Å². The molecule has 0 unspecified atom stereocenters. The van der Waals surface area contributed by atoms with E-state index >= 15 is 0 Å². The molecular formula is C38H45B2O9P. The van der Waals surface area contributed by atoms with E-state index in [4.69, 9.17) is 37.1 Å². The van der Waals surface area contributed by atoms with Gasteiger partial charge in [0.1, 0.15) is 36.2 Å². The van der Waals surface area contributed by atoms with E-state index in [0.717, 1.165) is 11.1 Å². The van der Waals surface area contributed by atoms with Gasteiger partial charge in [-0.1, -0.05) is 60.7 Å². The first-order valence-corrected chi connectivity index (χ1v) is 18.1. The van der Waals surface area contributed by atoms with Crippen molar-refractivity contribution < 1.29 is 41.7 Å². The van der Waals surface area contributed by atoms with Crippen LogP contribution in [-0.2, 0) is 36.4 Å². The van der Waals surface area contributed by atoms with Crippen LogP contribution in [0.5, 0.6) is 23.0 Å². The smallest absolute Gasteiger partial charge is 0.489 e. The summed E-state index contributed by atoms with van der Waals surface area (Å²) in [7, 11) is -4.53. The molecule has 0 N–H and O–H groups in total. The van der Waals surface area contributed by atoms with Gasteiger partial charge in [-0.25, -0.2) is 4.57 Å². The van der Waals surface area contributed by atoms with E-state index in [0.29, 0.717) is 35.6 Å². The van der Waals surface area contributed by atoms with Crippen LogP contribution in [0, 0.1) is 0 Å². The molecule has 9 nitrogen and oxygen atoms in total. The molecule has 0 aliphatic carbocycles. The average molecular weight is 698 g/mol. The minimum absolute atomic E-state index is 0.284. The molecule has 2 saturated heterocycles. The lowest BCUT2D eigenvalue weighted by Gasteiger charge is -2.32. The first-order chi connectivity index (χ1) is 23.6. The number of rotatable bonds is 12. The van der Waals surface area contributed by atoms with Gasteiger partial charge < -0.3 is 37.1 Å². The van der Waals surface area contributed by atoms with Crippen LogP contribution < -0.4 is 29.4 Å². The van der Waals surface area contributed by atoms with Gasteiger partial charge in [0.15, 0.2) is 0 Å². The maximum absolute atomic E-state index is 13.6. The highest BCUT2D eigenvalue weighted by atomic mass is 31.1. The van der Waals surface area contributed by atoms with Gasteiger partial charge in [0.25, 0.3) is 0 Å². The fraction of sp³-hybridized carbons (Fsp3) is 0.368. The maximum atomic E-state index is 13.6. The minimum Gasteiger partial charge on any atom is -0.489 e. The third kappa shape index (κ3) is 8.25. The quantitative estimate of drug-likeness (QED) is 0.112. The summed E-state index contributed by atoms with van der Waals surface area (Å²) in [6, 6.07) is 30.2. The van der Waals surface area contributed by atoms with Crippen LogP contribution in [0.15, 0.2) is 97.1 Å². The highest BCUT2D eigenvalue weighted by Crippen LogP contribution is 2.40. The average Bonchev–Trinajstić information content (AvgIpc) is 3.43. The van der Waals surface area contributed by atoms with Crippen LogP contribution in [0.2, 0.25) is 0 Å². The van der Waals surface area contributed by atoms with Crippen LogP contribution in [0.1, 0.15) is 66.5 Å². The fourth-order valence-corrected chi connectivity index (χ4v) is 6.06. The van der Waals surface area contributed by atoms with E-state index in [-0.39, 0.29) is 11.5 Å². The van der Waals surface area contributed by atoms with Gasteiger partial charge in [0.05, 0.1) is 22.4 Å². The van der Waals surface area contributed by atoms with Gasteiger partial charge >= 0.3 is 22.5 Å². The third-order valence-electron chi connectivity index (χ3n) is 9.75. The minimum atomic E-state index is -3.15. The molecule has 0 bridgehead atoms. The molecule has 0 spiro atoms. The maximum Gasteiger partial charge on any atom is 0.495 e. The molecule has 4 aromatic carbocycles. The molecule has 2 fully saturated rings. The zero-order chi connectivity index (χ0) is 35.7. The number of ether oxygens (including phenoxy) is 2. The largest absolute Gasteiger partial charge is 0.495 e. The summed E-state index contributed by atoms with van der Waals surface area (Å²) in [5, 5.41) is 0. The summed E-state index contributed by atoms with van der Waals surface area (Å²) in [6.07, 6.45) is 0. The molecule has 2 heterocycles. The SMILES string of the molecule is CC1(C)OB(c2cc(OCc3ccccc3)cc(O[PH](=O)Oc3cc(OCc4ccccc4)cc(B4OC(C)(C)C(C)(C)O4)c3)c2)OC1(C)C. The topological polar surface area (TPSA) is 90.9 Å². The Morgan fingerprint density at radius 3 is 1.16 bits per heavy atom. The van der Waals surface area contributed by atoms with Crippen molar-refractivity contribution in [3.8, 4) is 23.0 Å². The van der Waals surface area contributed by atoms with Crippen molar-refractivity contribution >= 4 is 33.4 Å². The molecule has 6 rings (SSSR count). The van der Waals surface area contributed by atoms with Gasteiger partial charge in [0, 0.05) is 12.1 Å². The van der Waals surface area contributed by atoms with Gasteiger partial charge in [-0.3, -0.25) is 0 Å². The highest BCUT2D eigenvalue weighted by molar-refractivity contribution is 7.34. The Morgan fingerprint density at radius 2 is 0.820 bits per heavy atom. The molecule has 0 saturated carbocycles. The summed E-state index contributed by atoms with van der Waals surface area (Å²) in [4.78, 5) is 0. The van der Waals surface area contributed by atoms with Gasteiger partial charge in [0.2, 0.25) is 0 Å². The second kappa shape index (κ2) is 14.1. The number of hydrogen-bond donors (Lipinski definition) is 0. The van der Waals surface area contributed by atoms with Crippen molar-refractivity contribution in [1.29, 1.82) is 0 Å². The van der Waals surface area contributed by atoms with Crippen LogP contribution in [0.25, 0.3) is 0 Å². The Morgan fingerprint density at radius 1 is 0.500 bits per heavy atom. The van der Waals surface area contributed by atoms with E-state index < -0.39 is 44.9 Å². The highest BCUT2D eigenvalue weighted by Gasteiger charge is 2.53. The molecule has 262 valence electrons. The summed E-state index contributed by atoms with van der Waals surface area (Å²) < 4.78 is 63.0. The lowest BCUT2D eigenvalue weighted by atomic mass is 9.79. The van der Waals surface area contributed by atoms with Crippen LogP contribution >= 0.6 is 8.25 Å². The predicted molar refractivity (Wildman–Crippen MR) is 196 cm³/mol. The Bertz CT molecular complexity index is 1650. The van der Waals surface area contributed by atoms with Gasteiger partial charge in [-0.05, 0) is 102 Å². The molecule has 0 amide bonds. The summed E-state index contributed by atoms with van der Waals surface area (Å²) in [6.45, 7) is 16.6. The Kier molecular flexibility index (Phi) is 10.2. The van der Waals surface area contributed by atoms with E-state index in [2.05, 4.69) is 0 Å². The number of benzene rings is 4. The summed E-state index contributed by atoms with van der Waals surface area (Å²) >= 11 is 0. The van der Waals surface area contributed by atoms with Crippen molar-refractivity contribution in [3.05, 3.63) is 108 Å². The molecule has 12 heteroatoms. The Balaban J connectivity index is 1.24. The number of hydrogen-bond acceptors (Lipinski definition) is 9. The van der Waals surface area contributed by atoms with Crippen LogP contribution in [0.3, 0.4) is 0 Å². The zero-order valence-corrected chi connectivity index (χ0v) is 31.0. The fourth-order valence-electron chi connectivity index (χ4n) is 5.40. The lowest BCUT2D eigenvalue weighted by molar-refractivity contribution is 0.00578. The lowest BCUT2D eigenvalue weighted by Crippen LogP contribution is -2.41. The van der Waals surface area contributed by atoms with E-state index in [1.165, 1.54) is 0 Å². The molecule has 2 aliphatic rings. The standard InChI is InChI=1S/C38H45B2O9P/c1-35(2)36(3,4)47-39(46-35)29-19-31(42-25-27-15-11-9-12-16-27)23-33(21-29)44-50(41)45-34-22-30(40-48-37(5,6)38(7,8)49-40)20-32(24-34)43-26-28-17-13-10-14-18-28/h9-24,50H,25-26H2,1-8H3. The predicted octanol–water partition coefficient (Wildman–Crippen LogP) is 7.29. The monoisotopic (exact) mass is 698 g/mol. The van der Waals surface area contributed by atoms with Crippen molar-refractivity contribution in [1.82, 2.24) is 0 Å². The summed E-state index contributed by atoms with van der Waals surface area (Å²) in [5.41, 5.74) is 1.10. The first-order valence-electron chi connectivity index (χ1n) is 16.8. The van der Waals surface area contributed by atoms with Crippen molar-refractivity contribution in [2.75, 3.05) is 0 Å². The second-order valence-corrected chi connectivity index (χ2v) is 15.6. The Hall–Kier alpha value is -3.72.